The summed E-state index contributed by atoms with van der Waals surface area (Å²) in [5.41, 5.74) is 4.46. The van der Waals surface area contributed by atoms with Crippen molar-refractivity contribution in [3.8, 4) is 5.69 Å². The lowest BCUT2D eigenvalue weighted by atomic mass is 10.0. The van der Waals surface area contributed by atoms with Gasteiger partial charge in [0.15, 0.2) is 11.0 Å². The molecule has 2 amide bonds. The van der Waals surface area contributed by atoms with Gasteiger partial charge in [-0.2, -0.15) is 0 Å². The molecular weight excluding hydrogens is 545 g/mol. The molecule has 1 atom stereocenters. The number of aryl methyl sites for hydroxylation is 1. The van der Waals surface area contributed by atoms with E-state index in [0.717, 1.165) is 22.4 Å². The van der Waals surface area contributed by atoms with Crippen molar-refractivity contribution < 1.29 is 9.18 Å². The number of urea groups is 1. The number of para-hydroxylation sites is 1. The molecule has 9 heteroatoms. The fourth-order valence-electron chi connectivity index (χ4n) is 4.28. The van der Waals surface area contributed by atoms with Gasteiger partial charge in [0.2, 0.25) is 0 Å². The van der Waals surface area contributed by atoms with Crippen LogP contribution in [0.15, 0.2) is 108 Å². The average Bonchev–Trinajstić information content (AvgIpc) is 3.38. The second kappa shape index (κ2) is 12.8. The summed E-state index contributed by atoms with van der Waals surface area (Å²) in [6.45, 7) is 1.99. The minimum atomic E-state index is -0.517. The van der Waals surface area contributed by atoms with E-state index in [0.29, 0.717) is 33.9 Å². The quantitative estimate of drug-likeness (QED) is 0.177. The van der Waals surface area contributed by atoms with Crippen LogP contribution in [0.5, 0.6) is 0 Å². The van der Waals surface area contributed by atoms with Gasteiger partial charge in [-0.3, -0.25) is 4.57 Å². The van der Waals surface area contributed by atoms with Gasteiger partial charge in [-0.1, -0.05) is 90.1 Å². The number of nitrogens with zero attached hydrogens (tertiary/aromatic N) is 3. The van der Waals surface area contributed by atoms with Crippen molar-refractivity contribution in [3.63, 3.8) is 0 Å². The van der Waals surface area contributed by atoms with Crippen molar-refractivity contribution in [1.82, 2.24) is 20.1 Å². The summed E-state index contributed by atoms with van der Waals surface area (Å²) in [4.78, 5) is 13.2. The van der Waals surface area contributed by atoms with Crippen LogP contribution in [-0.2, 0) is 12.2 Å². The van der Waals surface area contributed by atoms with E-state index in [4.69, 9.17) is 11.6 Å². The van der Waals surface area contributed by atoms with Crippen LogP contribution < -0.4 is 10.6 Å². The van der Waals surface area contributed by atoms with Crippen molar-refractivity contribution >= 4 is 35.1 Å². The minimum Gasteiger partial charge on any atom is -0.327 e. The van der Waals surface area contributed by atoms with Gasteiger partial charge in [-0.05, 0) is 60.0 Å². The van der Waals surface area contributed by atoms with Gasteiger partial charge in [0.05, 0.1) is 11.7 Å². The van der Waals surface area contributed by atoms with E-state index in [2.05, 4.69) is 20.8 Å². The lowest BCUT2D eigenvalue weighted by Crippen LogP contribution is -2.35. The fourth-order valence-corrected chi connectivity index (χ4v) is 5.36. The Morgan fingerprint density at radius 1 is 0.925 bits per heavy atom. The van der Waals surface area contributed by atoms with E-state index in [-0.39, 0.29) is 11.8 Å². The number of benzene rings is 4. The normalized spacial score (nSPS) is 11.7. The molecule has 202 valence electrons. The Hall–Kier alpha value is -4.14. The standard InChI is InChI=1S/C31H27ClFN5OS/c1-21-12-15-24(32)19-28(21)38-29(36-37-31(38)40-20-23-13-16-25(33)17-14-23)27(18-22-8-4-2-5-9-22)35-30(39)34-26-10-6-3-7-11-26/h2-17,19,27H,18,20H2,1H3,(H2,34,35,39). The number of hydrogen-bond donors (Lipinski definition) is 2. The SMILES string of the molecule is Cc1ccc(Cl)cc1-n1c(SCc2ccc(F)cc2)nnc1C(Cc1ccccc1)NC(=O)Nc1ccccc1. The zero-order valence-electron chi connectivity index (χ0n) is 21.7. The van der Waals surface area contributed by atoms with E-state index in [9.17, 15) is 9.18 Å². The van der Waals surface area contributed by atoms with Crippen LogP contribution in [0.1, 0.15) is 28.6 Å². The van der Waals surface area contributed by atoms with Crippen molar-refractivity contribution in [1.29, 1.82) is 0 Å². The summed E-state index contributed by atoms with van der Waals surface area (Å²) < 4.78 is 15.4. The molecule has 0 bridgehead atoms. The Kier molecular flexibility index (Phi) is 8.78. The number of thioether (sulfide) groups is 1. The third kappa shape index (κ3) is 6.89. The molecule has 0 saturated heterocycles. The van der Waals surface area contributed by atoms with Crippen LogP contribution in [0.4, 0.5) is 14.9 Å². The minimum absolute atomic E-state index is 0.280. The van der Waals surface area contributed by atoms with Gasteiger partial charge in [-0.25, -0.2) is 9.18 Å². The van der Waals surface area contributed by atoms with Crippen molar-refractivity contribution in [2.24, 2.45) is 0 Å². The highest BCUT2D eigenvalue weighted by molar-refractivity contribution is 7.98. The molecule has 1 unspecified atom stereocenters. The topological polar surface area (TPSA) is 71.8 Å². The lowest BCUT2D eigenvalue weighted by molar-refractivity contribution is 0.247. The first kappa shape index (κ1) is 27.4. The third-order valence-corrected chi connectivity index (χ3v) is 7.52. The number of aromatic nitrogens is 3. The molecule has 40 heavy (non-hydrogen) atoms. The summed E-state index contributed by atoms with van der Waals surface area (Å²) >= 11 is 7.91. The monoisotopic (exact) mass is 571 g/mol. The number of carbonyl (C=O) groups excluding carboxylic acids is 1. The lowest BCUT2D eigenvalue weighted by Gasteiger charge is -2.21. The highest BCUT2D eigenvalue weighted by Gasteiger charge is 2.26. The molecule has 0 radical (unpaired) electrons. The molecular formula is C31H27ClFN5OS. The van der Waals surface area contributed by atoms with Crippen LogP contribution in [0.25, 0.3) is 5.69 Å². The molecule has 5 aromatic rings. The van der Waals surface area contributed by atoms with Crippen LogP contribution in [0.3, 0.4) is 0 Å². The summed E-state index contributed by atoms with van der Waals surface area (Å²) in [5.74, 6) is 0.847. The summed E-state index contributed by atoms with van der Waals surface area (Å²) in [6.07, 6.45) is 0.490. The van der Waals surface area contributed by atoms with Crippen LogP contribution in [0.2, 0.25) is 5.02 Å². The van der Waals surface area contributed by atoms with E-state index < -0.39 is 6.04 Å². The Bertz CT molecular complexity index is 1580. The largest absolute Gasteiger partial charge is 0.327 e. The zero-order valence-corrected chi connectivity index (χ0v) is 23.3. The second-order valence-corrected chi connectivity index (χ2v) is 10.6. The molecule has 2 N–H and O–H groups in total. The van der Waals surface area contributed by atoms with Crippen molar-refractivity contribution in [3.05, 3.63) is 136 Å². The molecule has 0 aliphatic heterocycles. The predicted octanol–water partition coefficient (Wildman–Crippen LogP) is 7.77. The second-order valence-electron chi connectivity index (χ2n) is 9.23. The van der Waals surface area contributed by atoms with Crippen LogP contribution in [-0.4, -0.2) is 20.8 Å². The summed E-state index contributed by atoms with van der Waals surface area (Å²) in [7, 11) is 0. The Morgan fingerprint density at radius 3 is 2.35 bits per heavy atom. The molecule has 1 aromatic heterocycles. The summed E-state index contributed by atoms with van der Waals surface area (Å²) in [6, 6.07) is 30.3. The smallest absolute Gasteiger partial charge is 0.319 e. The number of carbonyl (C=O) groups is 1. The first-order valence-corrected chi connectivity index (χ1v) is 14.1. The van der Waals surface area contributed by atoms with Gasteiger partial charge in [-0.15, -0.1) is 10.2 Å². The molecule has 0 aliphatic carbocycles. The molecule has 0 aliphatic rings. The predicted molar refractivity (Wildman–Crippen MR) is 159 cm³/mol. The third-order valence-electron chi connectivity index (χ3n) is 6.28. The average molecular weight is 572 g/mol. The molecule has 6 nitrogen and oxygen atoms in total. The van der Waals surface area contributed by atoms with E-state index in [1.807, 2.05) is 90.4 Å². The van der Waals surface area contributed by atoms with Crippen LogP contribution >= 0.6 is 23.4 Å². The van der Waals surface area contributed by atoms with Crippen molar-refractivity contribution in [2.45, 2.75) is 30.3 Å². The summed E-state index contributed by atoms with van der Waals surface area (Å²) in [5, 5.41) is 16.3. The maximum atomic E-state index is 13.4. The molecule has 1 heterocycles. The fraction of sp³-hybridized carbons (Fsp3) is 0.129. The number of rotatable bonds is 9. The van der Waals surface area contributed by atoms with E-state index in [1.165, 1.54) is 23.9 Å². The maximum absolute atomic E-state index is 13.4. The van der Waals surface area contributed by atoms with Crippen LogP contribution in [0, 0.1) is 12.7 Å². The molecule has 0 spiro atoms. The van der Waals surface area contributed by atoms with Gasteiger partial charge < -0.3 is 10.6 Å². The first-order valence-electron chi connectivity index (χ1n) is 12.7. The number of halogens is 2. The number of amides is 2. The number of hydrogen-bond acceptors (Lipinski definition) is 4. The Morgan fingerprint density at radius 2 is 1.62 bits per heavy atom. The van der Waals surface area contributed by atoms with E-state index >= 15 is 0 Å². The van der Waals surface area contributed by atoms with Crippen molar-refractivity contribution in [2.75, 3.05) is 5.32 Å². The first-order chi connectivity index (χ1) is 19.5. The highest BCUT2D eigenvalue weighted by atomic mass is 35.5. The molecule has 0 fully saturated rings. The Labute approximate surface area is 241 Å². The van der Waals surface area contributed by atoms with Gasteiger partial charge >= 0.3 is 6.03 Å². The zero-order chi connectivity index (χ0) is 27.9. The van der Waals surface area contributed by atoms with Gasteiger partial charge in [0.1, 0.15) is 5.82 Å². The molecule has 4 aromatic carbocycles. The highest BCUT2D eigenvalue weighted by Crippen LogP contribution is 2.31. The number of anilines is 1. The Balaban J connectivity index is 1.53. The number of nitrogens with one attached hydrogen (secondary N) is 2. The van der Waals surface area contributed by atoms with Gasteiger partial charge in [0.25, 0.3) is 0 Å². The molecule has 5 rings (SSSR count). The molecule has 0 saturated carbocycles. The van der Waals surface area contributed by atoms with Gasteiger partial charge in [0, 0.05) is 22.9 Å². The van der Waals surface area contributed by atoms with E-state index in [1.54, 1.807) is 12.1 Å². The maximum Gasteiger partial charge on any atom is 0.319 e.